The zero-order valence-corrected chi connectivity index (χ0v) is 16.1. The molecule has 0 radical (unpaired) electrons. The predicted octanol–water partition coefficient (Wildman–Crippen LogP) is 2.74. The molecular weight excluding hydrogens is 340 g/mol. The number of carbonyl (C=O) groups is 1. The Labute approximate surface area is 158 Å². The van der Waals surface area contributed by atoms with Gasteiger partial charge < -0.3 is 10.6 Å². The van der Waals surface area contributed by atoms with Gasteiger partial charge in [0.15, 0.2) is 5.82 Å². The molecule has 3 aromatic rings. The summed E-state index contributed by atoms with van der Waals surface area (Å²) in [4.78, 5) is 20.8. The van der Waals surface area contributed by atoms with E-state index in [2.05, 4.69) is 25.7 Å². The zero-order chi connectivity index (χ0) is 19.4. The monoisotopic (exact) mass is 364 g/mol. The summed E-state index contributed by atoms with van der Waals surface area (Å²) < 4.78 is 1.78. The molecule has 0 aliphatic carbocycles. The summed E-state index contributed by atoms with van der Waals surface area (Å²) >= 11 is 0. The van der Waals surface area contributed by atoms with Crippen molar-refractivity contribution >= 4 is 11.7 Å². The van der Waals surface area contributed by atoms with E-state index in [1.807, 2.05) is 58.0 Å². The molecule has 2 heterocycles. The van der Waals surface area contributed by atoms with Crippen LogP contribution in [0.5, 0.6) is 0 Å². The summed E-state index contributed by atoms with van der Waals surface area (Å²) in [6.45, 7) is 8.94. The van der Waals surface area contributed by atoms with Crippen molar-refractivity contribution in [2.24, 2.45) is 0 Å². The minimum atomic E-state index is -0.0692. The van der Waals surface area contributed by atoms with Crippen LogP contribution in [0.4, 0.5) is 5.82 Å². The largest absolute Gasteiger partial charge is 0.368 e. The number of nitrogens with zero attached hydrogens (tertiary/aromatic N) is 4. The third-order valence-electron chi connectivity index (χ3n) is 4.22. The van der Waals surface area contributed by atoms with Crippen molar-refractivity contribution in [2.45, 2.75) is 27.7 Å². The van der Waals surface area contributed by atoms with Gasteiger partial charge in [0.25, 0.3) is 5.91 Å². The Hall–Kier alpha value is -3.22. The molecular formula is C20H24N6O. The molecule has 0 saturated heterocycles. The van der Waals surface area contributed by atoms with Crippen molar-refractivity contribution in [3.63, 3.8) is 0 Å². The normalized spacial score (nSPS) is 10.7. The van der Waals surface area contributed by atoms with Gasteiger partial charge in [-0.15, -0.1) is 0 Å². The topological polar surface area (TPSA) is 84.7 Å². The maximum absolute atomic E-state index is 12.3. The molecule has 0 fully saturated rings. The van der Waals surface area contributed by atoms with E-state index in [0.29, 0.717) is 30.3 Å². The molecule has 0 atom stereocenters. The average molecular weight is 364 g/mol. The Morgan fingerprint density at radius 3 is 2.56 bits per heavy atom. The number of anilines is 1. The second-order valence-corrected chi connectivity index (χ2v) is 6.60. The smallest absolute Gasteiger partial charge is 0.251 e. The van der Waals surface area contributed by atoms with Crippen molar-refractivity contribution < 1.29 is 4.79 Å². The molecule has 0 spiro atoms. The van der Waals surface area contributed by atoms with Gasteiger partial charge in [0.2, 0.25) is 0 Å². The van der Waals surface area contributed by atoms with Crippen molar-refractivity contribution in [3.8, 4) is 5.82 Å². The number of aryl methyl sites for hydroxylation is 4. The Bertz CT molecular complexity index is 963. The van der Waals surface area contributed by atoms with Crippen molar-refractivity contribution in [1.82, 2.24) is 25.1 Å². The predicted molar refractivity (Wildman–Crippen MR) is 105 cm³/mol. The van der Waals surface area contributed by atoms with Crippen molar-refractivity contribution in [1.29, 1.82) is 0 Å². The summed E-state index contributed by atoms with van der Waals surface area (Å²) in [6.07, 6.45) is 1.50. The van der Waals surface area contributed by atoms with Crippen molar-refractivity contribution in [2.75, 3.05) is 18.4 Å². The number of hydrogen-bond donors (Lipinski definition) is 2. The summed E-state index contributed by atoms with van der Waals surface area (Å²) in [7, 11) is 0. The van der Waals surface area contributed by atoms with Crippen LogP contribution in [0.15, 0.2) is 36.7 Å². The van der Waals surface area contributed by atoms with E-state index >= 15 is 0 Å². The fourth-order valence-electron chi connectivity index (χ4n) is 2.95. The van der Waals surface area contributed by atoms with E-state index in [9.17, 15) is 4.79 Å². The van der Waals surface area contributed by atoms with Crippen LogP contribution in [0, 0.1) is 27.7 Å². The maximum Gasteiger partial charge on any atom is 0.251 e. The van der Waals surface area contributed by atoms with Gasteiger partial charge in [0.05, 0.1) is 5.69 Å². The molecule has 1 amide bonds. The fraction of sp³-hybridized carbons (Fsp3) is 0.300. The minimum Gasteiger partial charge on any atom is -0.368 e. The fourth-order valence-corrected chi connectivity index (χ4v) is 2.95. The molecule has 27 heavy (non-hydrogen) atoms. The number of aromatic nitrogens is 4. The number of hydrogen-bond acceptors (Lipinski definition) is 5. The van der Waals surface area contributed by atoms with Crippen LogP contribution in [0.3, 0.4) is 0 Å². The second-order valence-electron chi connectivity index (χ2n) is 6.60. The first kappa shape index (κ1) is 18.6. The molecule has 0 aliphatic rings. The van der Waals surface area contributed by atoms with E-state index in [-0.39, 0.29) is 5.91 Å². The second kappa shape index (κ2) is 7.99. The summed E-state index contributed by atoms with van der Waals surface area (Å²) in [5, 5.41) is 10.6. The Morgan fingerprint density at radius 2 is 1.85 bits per heavy atom. The quantitative estimate of drug-likeness (QED) is 0.657. The first-order valence-corrected chi connectivity index (χ1v) is 8.89. The van der Waals surface area contributed by atoms with Crippen LogP contribution in [0.2, 0.25) is 0 Å². The van der Waals surface area contributed by atoms with Gasteiger partial charge in [0.1, 0.15) is 12.1 Å². The summed E-state index contributed by atoms with van der Waals surface area (Å²) in [6, 6.07) is 9.65. The average Bonchev–Trinajstić information content (AvgIpc) is 2.97. The third kappa shape index (κ3) is 4.49. The van der Waals surface area contributed by atoms with Crippen LogP contribution in [0.1, 0.15) is 32.9 Å². The van der Waals surface area contributed by atoms with E-state index in [1.165, 1.54) is 6.33 Å². The lowest BCUT2D eigenvalue weighted by Gasteiger charge is -2.10. The first-order valence-electron chi connectivity index (χ1n) is 8.89. The van der Waals surface area contributed by atoms with Crippen LogP contribution >= 0.6 is 0 Å². The highest BCUT2D eigenvalue weighted by atomic mass is 16.1. The van der Waals surface area contributed by atoms with Crippen LogP contribution < -0.4 is 10.6 Å². The van der Waals surface area contributed by atoms with Gasteiger partial charge in [-0.3, -0.25) is 4.79 Å². The summed E-state index contributed by atoms with van der Waals surface area (Å²) in [5.41, 5.74) is 4.78. The van der Waals surface area contributed by atoms with Crippen LogP contribution in [-0.4, -0.2) is 38.7 Å². The maximum atomic E-state index is 12.3. The van der Waals surface area contributed by atoms with Gasteiger partial charge in [-0.25, -0.2) is 14.6 Å². The van der Waals surface area contributed by atoms with E-state index < -0.39 is 0 Å². The molecule has 7 nitrogen and oxygen atoms in total. The molecule has 0 bridgehead atoms. The van der Waals surface area contributed by atoms with Crippen LogP contribution in [-0.2, 0) is 0 Å². The molecule has 0 unspecified atom stereocenters. The highest BCUT2D eigenvalue weighted by Gasteiger charge is 2.09. The molecule has 140 valence electrons. The molecule has 3 rings (SSSR count). The van der Waals surface area contributed by atoms with Gasteiger partial charge in [-0.2, -0.15) is 5.10 Å². The molecule has 7 heteroatoms. The molecule has 2 aromatic heterocycles. The Morgan fingerprint density at radius 1 is 1.04 bits per heavy atom. The number of benzene rings is 1. The molecule has 1 aromatic carbocycles. The Balaban J connectivity index is 1.56. The van der Waals surface area contributed by atoms with Crippen molar-refractivity contribution in [3.05, 3.63) is 64.7 Å². The van der Waals surface area contributed by atoms with Gasteiger partial charge in [0, 0.05) is 30.4 Å². The van der Waals surface area contributed by atoms with Gasteiger partial charge >= 0.3 is 0 Å². The zero-order valence-electron chi connectivity index (χ0n) is 16.1. The SMILES string of the molecule is Cc1ccc(C(=O)NCCNc2cc(-n3nc(C)cc3C)ncn2)c(C)c1. The summed E-state index contributed by atoms with van der Waals surface area (Å²) in [5.74, 6) is 1.33. The minimum absolute atomic E-state index is 0.0692. The molecule has 0 aliphatic heterocycles. The Kier molecular flexibility index (Phi) is 5.49. The lowest BCUT2D eigenvalue weighted by Crippen LogP contribution is -2.29. The van der Waals surface area contributed by atoms with Gasteiger partial charge in [-0.1, -0.05) is 17.7 Å². The number of amides is 1. The standard InChI is InChI=1S/C20H24N6O/c1-13-5-6-17(14(2)9-13)20(27)22-8-7-21-18-11-19(24-12-23-18)26-16(4)10-15(3)25-26/h5-6,9-12H,7-8H2,1-4H3,(H,22,27)(H,21,23,24). The highest BCUT2D eigenvalue weighted by Crippen LogP contribution is 2.12. The van der Waals surface area contributed by atoms with E-state index in [0.717, 1.165) is 22.5 Å². The lowest BCUT2D eigenvalue weighted by molar-refractivity contribution is 0.0954. The highest BCUT2D eigenvalue weighted by molar-refractivity contribution is 5.95. The number of nitrogens with one attached hydrogen (secondary N) is 2. The third-order valence-corrected chi connectivity index (χ3v) is 4.22. The van der Waals surface area contributed by atoms with Crippen LogP contribution in [0.25, 0.3) is 5.82 Å². The molecule has 0 saturated carbocycles. The van der Waals surface area contributed by atoms with E-state index in [4.69, 9.17) is 0 Å². The number of rotatable bonds is 6. The number of carbonyl (C=O) groups excluding carboxylic acids is 1. The van der Waals surface area contributed by atoms with Gasteiger partial charge in [-0.05, 0) is 45.4 Å². The van der Waals surface area contributed by atoms with E-state index in [1.54, 1.807) is 4.68 Å². The molecule has 2 N–H and O–H groups in total. The first-order chi connectivity index (χ1) is 12.9. The lowest BCUT2D eigenvalue weighted by atomic mass is 10.1.